The second kappa shape index (κ2) is 4.22. The van der Waals surface area contributed by atoms with Crippen molar-refractivity contribution in [3.63, 3.8) is 0 Å². The molecule has 0 fully saturated rings. The molecule has 0 amide bonds. The number of rotatable bonds is 3. The van der Waals surface area contributed by atoms with E-state index in [0.717, 1.165) is 17.8 Å². The number of pyridine rings is 1. The van der Waals surface area contributed by atoms with Gasteiger partial charge in [-0.3, -0.25) is 4.98 Å². The normalized spacial score (nSPS) is 10.9. The minimum absolute atomic E-state index is 0.768. The van der Waals surface area contributed by atoms with E-state index in [1.54, 1.807) is 17.6 Å². The molecule has 0 aromatic carbocycles. The molecule has 86 valence electrons. The Kier molecular flexibility index (Phi) is 2.57. The minimum Gasteiger partial charge on any atom is -0.467 e. The topological polar surface area (TPSA) is 29.3 Å². The molecule has 17 heavy (non-hydrogen) atoms. The lowest BCUT2D eigenvalue weighted by atomic mass is 10.3. The van der Waals surface area contributed by atoms with E-state index < -0.39 is 0 Å². The summed E-state index contributed by atoms with van der Waals surface area (Å²) in [7, 11) is 2.07. The van der Waals surface area contributed by atoms with Crippen molar-refractivity contribution in [2.45, 2.75) is 6.54 Å². The molecule has 0 unspecified atom stereocenters. The molecular formula is C13H12N2OS. The standard InChI is InChI=1S/C13H12N2OS/c1-15(9-10-3-2-7-16-10)12-4-6-14-11-5-8-17-13(11)12/h2-8H,9H2,1H3. The van der Waals surface area contributed by atoms with Crippen LogP contribution in [0.25, 0.3) is 10.2 Å². The summed E-state index contributed by atoms with van der Waals surface area (Å²) < 4.78 is 6.59. The van der Waals surface area contributed by atoms with Crippen LogP contribution in [0.15, 0.2) is 46.5 Å². The largest absolute Gasteiger partial charge is 0.467 e. The van der Waals surface area contributed by atoms with Crippen LogP contribution in [-0.4, -0.2) is 12.0 Å². The molecule has 3 nitrogen and oxygen atoms in total. The third-order valence-corrected chi connectivity index (χ3v) is 3.63. The van der Waals surface area contributed by atoms with Crippen molar-refractivity contribution in [1.29, 1.82) is 0 Å². The Morgan fingerprint density at radius 1 is 1.35 bits per heavy atom. The number of anilines is 1. The van der Waals surface area contributed by atoms with Crippen LogP contribution in [0.1, 0.15) is 5.76 Å². The Balaban J connectivity index is 1.95. The second-order valence-corrected chi connectivity index (χ2v) is 4.82. The Morgan fingerprint density at radius 3 is 3.12 bits per heavy atom. The molecule has 0 bridgehead atoms. The quantitative estimate of drug-likeness (QED) is 0.706. The lowest BCUT2D eigenvalue weighted by Gasteiger charge is -2.18. The number of nitrogens with zero attached hydrogens (tertiary/aromatic N) is 2. The van der Waals surface area contributed by atoms with Crippen LogP contribution in [0.5, 0.6) is 0 Å². The molecule has 0 aliphatic heterocycles. The number of thiophene rings is 1. The Hall–Kier alpha value is -1.81. The maximum Gasteiger partial charge on any atom is 0.123 e. The van der Waals surface area contributed by atoms with E-state index >= 15 is 0 Å². The van der Waals surface area contributed by atoms with Crippen LogP contribution in [-0.2, 0) is 6.54 Å². The molecule has 0 atom stereocenters. The highest BCUT2D eigenvalue weighted by Gasteiger charge is 2.09. The van der Waals surface area contributed by atoms with Gasteiger partial charge in [0.25, 0.3) is 0 Å². The van der Waals surface area contributed by atoms with E-state index in [1.807, 2.05) is 30.5 Å². The average Bonchev–Trinajstić information content (AvgIpc) is 2.97. The first-order valence-electron chi connectivity index (χ1n) is 5.40. The van der Waals surface area contributed by atoms with Gasteiger partial charge in [-0.25, -0.2) is 0 Å². The Morgan fingerprint density at radius 2 is 2.29 bits per heavy atom. The van der Waals surface area contributed by atoms with Gasteiger partial charge in [-0.1, -0.05) is 0 Å². The summed E-state index contributed by atoms with van der Waals surface area (Å²) in [5.41, 5.74) is 2.25. The summed E-state index contributed by atoms with van der Waals surface area (Å²) in [6, 6.07) is 7.99. The summed E-state index contributed by atoms with van der Waals surface area (Å²) in [6.07, 6.45) is 3.56. The Labute approximate surface area is 103 Å². The summed E-state index contributed by atoms with van der Waals surface area (Å²) in [5, 5.41) is 2.07. The molecule has 0 radical (unpaired) electrons. The smallest absolute Gasteiger partial charge is 0.123 e. The van der Waals surface area contributed by atoms with E-state index in [-0.39, 0.29) is 0 Å². The number of furan rings is 1. The summed E-state index contributed by atoms with van der Waals surface area (Å²) >= 11 is 1.72. The zero-order valence-corrected chi connectivity index (χ0v) is 10.3. The fourth-order valence-electron chi connectivity index (χ4n) is 1.88. The monoisotopic (exact) mass is 244 g/mol. The van der Waals surface area contributed by atoms with Crippen molar-refractivity contribution in [2.75, 3.05) is 11.9 Å². The third-order valence-electron chi connectivity index (χ3n) is 2.71. The highest BCUT2D eigenvalue weighted by Crippen LogP contribution is 2.29. The highest BCUT2D eigenvalue weighted by atomic mass is 32.1. The van der Waals surface area contributed by atoms with Crippen molar-refractivity contribution >= 4 is 27.2 Å². The van der Waals surface area contributed by atoms with E-state index in [9.17, 15) is 0 Å². The van der Waals surface area contributed by atoms with Crippen LogP contribution in [0, 0.1) is 0 Å². The molecule has 0 saturated heterocycles. The van der Waals surface area contributed by atoms with Gasteiger partial charge in [0.05, 0.1) is 28.7 Å². The van der Waals surface area contributed by atoms with Gasteiger partial charge in [-0.15, -0.1) is 11.3 Å². The van der Waals surface area contributed by atoms with Crippen LogP contribution in [0.2, 0.25) is 0 Å². The van der Waals surface area contributed by atoms with Gasteiger partial charge in [0.2, 0.25) is 0 Å². The molecule has 3 aromatic rings. The lowest BCUT2D eigenvalue weighted by Crippen LogP contribution is -2.15. The first-order chi connectivity index (χ1) is 8.34. The number of hydrogen-bond acceptors (Lipinski definition) is 4. The van der Waals surface area contributed by atoms with Gasteiger partial charge in [0, 0.05) is 13.2 Å². The predicted octanol–water partition coefficient (Wildman–Crippen LogP) is 3.53. The maximum atomic E-state index is 5.37. The van der Waals surface area contributed by atoms with Crippen molar-refractivity contribution in [1.82, 2.24) is 4.98 Å². The SMILES string of the molecule is CN(Cc1ccco1)c1ccnc2ccsc12. The van der Waals surface area contributed by atoms with Crippen LogP contribution >= 0.6 is 11.3 Å². The zero-order chi connectivity index (χ0) is 11.7. The molecular weight excluding hydrogens is 232 g/mol. The van der Waals surface area contributed by atoms with Gasteiger partial charge in [-0.05, 0) is 29.6 Å². The van der Waals surface area contributed by atoms with Crippen molar-refractivity contribution in [3.05, 3.63) is 47.9 Å². The molecule has 3 aromatic heterocycles. The van der Waals surface area contributed by atoms with Crippen LogP contribution in [0.4, 0.5) is 5.69 Å². The van der Waals surface area contributed by atoms with E-state index in [2.05, 4.69) is 22.3 Å². The molecule has 0 aliphatic carbocycles. The zero-order valence-electron chi connectivity index (χ0n) is 9.46. The van der Waals surface area contributed by atoms with Crippen molar-refractivity contribution < 1.29 is 4.42 Å². The van der Waals surface area contributed by atoms with Gasteiger partial charge < -0.3 is 9.32 Å². The molecule has 0 saturated carbocycles. The molecule has 0 N–H and O–H groups in total. The molecule has 0 spiro atoms. The third kappa shape index (κ3) is 1.91. The van der Waals surface area contributed by atoms with Crippen molar-refractivity contribution in [2.24, 2.45) is 0 Å². The number of hydrogen-bond donors (Lipinski definition) is 0. The Bertz CT molecular complexity index is 615. The highest BCUT2D eigenvalue weighted by molar-refractivity contribution is 7.17. The van der Waals surface area contributed by atoms with Gasteiger partial charge in [0.15, 0.2) is 0 Å². The summed E-state index contributed by atoms with van der Waals surface area (Å²) in [4.78, 5) is 6.52. The van der Waals surface area contributed by atoms with E-state index in [4.69, 9.17) is 4.42 Å². The predicted molar refractivity (Wildman–Crippen MR) is 70.4 cm³/mol. The average molecular weight is 244 g/mol. The molecule has 0 aliphatic rings. The minimum atomic E-state index is 0.768. The van der Waals surface area contributed by atoms with Crippen LogP contribution < -0.4 is 4.90 Å². The van der Waals surface area contributed by atoms with Gasteiger partial charge in [-0.2, -0.15) is 0 Å². The number of aromatic nitrogens is 1. The van der Waals surface area contributed by atoms with Crippen molar-refractivity contribution in [3.8, 4) is 0 Å². The van der Waals surface area contributed by atoms with E-state index in [0.29, 0.717) is 0 Å². The lowest BCUT2D eigenvalue weighted by molar-refractivity contribution is 0.508. The fraction of sp³-hybridized carbons (Fsp3) is 0.154. The molecule has 3 heterocycles. The van der Waals surface area contributed by atoms with Gasteiger partial charge >= 0.3 is 0 Å². The number of fused-ring (bicyclic) bond motifs is 1. The van der Waals surface area contributed by atoms with Gasteiger partial charge in [0.1, 0.15) is 5.76 Å². The first-order valence-corrected chi connectivity index (χ1v) is 6.28. The first kappa shape index (κ1) is 10.4. The second-order valence-electron chi connectivity index (χ2n) is 3.90. The summed E-state index contributed by atoms with van der Waals surface area (Å²) in [5.74, 6) is 0.967. The summed E-state index contributed by atoms with van der Waals surface area (Å²) in [6.45, 7) is 0.768. The molecule has 3 rings (SSSR count). The van der Waals surface area contributed by atoms with E-state index in [1.165, 1.54) is 10.4 Å². The molecule has 4 heteroatoms. The van der Waals surface area contributed by atoms with Crippen LogP contribution in [0.3, 0.4) is 0 Å². The fourth-order valence-corrected chi connectivity index (χ4v) is 2.80. The maximum absolute atomic E-state index is 5.37.